The van der Waals surface area contributed by atoms with Crippen molar-refractivity contribution in [2.75, 3.05) is 83.3 Å². The van der Waals surface area contributed by atoms with Gasteiger partial charge in [-0.25, -0.2) is 13.6 Å². The molecule has 0 aliphatic carbocycles. The first-order chi connectivity index (χ1) is 20.9. The SMILES string of the molecule is CCOCC.COC(=O)c1cccc(F)c1NCCN1CCCCC1.OCc1cccc(F)c1NCCN1CCCCC1. The summed E-state index contributed by atoms with van der Waals surface area (Å²) in [5.74, 6) is -1.24. The van der Waals surface area contributed by atoms with E-state index in [9.17, 15) is 18.7 Å². The van der Waals surface area contributed by atoms with Gasteiger partial charge in [-0.2, -0.15) is 0 Å². The standard InChI is InChI=1S/C15H21FN2O2.C14H21FN2O.C4H10O/c1-20-15(19)12-6-5-7-13(16)14(12)17-8-11-18-9-3-2-4-10-18;15-13-6-4-5-12(11-18)14(13)16-7-10-17-8-2-1-3-9-17;1-3-5-4-2/h5-7,17H,2-4,8-11H2,1H3;4-6,16,18H,1-3,7-11H2;3-4H2,1-2H3. The molecule has 2 saturated heterocycles. The summed E-state index contributed by atoms with van der Waals surface area (Å²) in [5, 5.41) is 15.3. The molecule has 0 radical (unpaired) electrons. The van der Waals surface area contributed by atoms with Crippen LogP contribution < -0.4 is 10.6 Å². The predicted molar refractivity (Wildman–Crippen MR) is 170 cm³/mol. The third-order valence-corrected chi connectivity index (χ3v) is 7.45. The van der Waals surface area contributed by atoms with Gasteiger partial charge in [-0.05, 0) is 83.9 Å². The number of carbonyl (C=O) groups excluding carboxylic acids is 1. The predicted octanol–water partition coefficient (Wildman–Crippen LogP) is 5.77. The van der Waals surface area contributed by atoms with Crippen LogP contribution in [-0.4, -0.2) is 93.6 Å². The number of rotatable bonds is 12. The van der Waals surface area contributed by atoms with Gasteiger partial charge in [0.2, 0.25) is 0 Å². The van der Waals surface area contributed by atoms with Gasteiger partial charge >= 0.3 is 5.97 Å². The summed E-state index contributed by atoms with van der Waals surface area (Å²) in [5.41, 5.74) is 1.54. The van der Waals surface area contributed by atoms with E-state index in [2.05, 4.69) is 25.2 Å². The number of nitrogens with one attached hydrogen (secondary N) is 2. The Kier molecular flexibility index (Phi) is 18.5. The van der Waals surface area contributed by atoms with Gasteiger partial charge in [0.25, 0.3) is 0 Å². The number of aliphatic hydroxyl groups is 1. The maximum atomic E-state index is 13.8. The molecule has 43 heavy (non-hydrogen) atoms. The molecule has 0 spiro atoms. The van der Waals surface area contributed by atoms with Crippen molar-refractivity contribution in [2.45, 2.75) is 59.0 Å². The number of para-hydroxylation sites is 2. The highest BCUT2D eigenvalue weighted by molar-refractivity contribution is 5.95. The normalized spacial score (nSPS) is 15.4. The molecule has 2 aromatic carbocycles. The molecule has 2 aliphatic heterocycles. The smallest absolute Gasteiger partial charge is 0.340 e. The summed E-state index contributed by atoms with van der Waals surface area (Å²) >= 11 is 0. The first-order valence-electron chi connectivity index (χ1n) is 15.7. The number of ether oxygens (including phenoxy) is 2. The third kappa shape index (κ3) is 13.6. The second kappa shape index (κ2) is 21.8. The van der Waals surface area contributed by atoms with Gasteiger partial charge in [0, 0.05) is 45.0 Å². The molecule has 0 unspecified atom stereocenters. The van der Waals surface area contributed by atoms with Gasteiger partial charge in [0.15, 0.2) is 0 Å². The van der Waals surface area contributed by atoms with E-state index >= 15 is 0 Å². The van der Waals surface area contributed by atoms with Gasteiger partial charge in [0.1, 0.15) is 11.6 Å². The van der Waals surface area contributed by atoms with E-state index in [1.807, 2.05) is 13.8 Å². The quantitative estimate of drug-likeness (QED) is 0.263. The van der Waals surface area contributed by atoms with Crippen molar-refractivity contribution in [3.05, 3.63) is 59.2 Å². The number of esters is 1. The van der Waals surface area contributed by atoms with Crippen LogP contribution in [0.4, 0.5) is 20.2 Å². The fourth-order valence-corrected chi connectivity index (χ4v) is 5.13. The molecule has 0 aromatic heterocycles. The van der Waals surface area contributed by atoms with Gasteiger partial charge in [-0.15, -0.1) is 0 Å². The van der Waals surface area contributed by atoms with Crippen molar-refractivity contribution in [1.82, 2.24) is 9.80 Å². The Hall–Kier alpha value is -2.79. The van der Waals surface area contributed by atoms with Crippen LogP contribution in [0.15, 0.2) is 36.4 Å². The zero-order valence-corrected chi connectivity index (χ0v) is 26.3. The lowest BCUT2D eigenvalue weighted by molar-refractivity contribution is 0.0601. The summed E-state index contributed by atoms with van der Waals surface area (Å²) in [4.78, 5) is 16.4. The van der Waals surface area contributed by atoms with Crippen molar-refractivity contribution in [2.24, 2.45) is 0 Å². The number of nitrogens with zero attached hydrogens (tertiary/aromatic N) is 2. The zero-order valence-electron chi connectivity index (χ0n) is 26.3. The number of carbonyl (C=O) groups is 1. The number of hydrogen-bond acceptors (Lipinski definition) is 8. The molecule has 2 fully saturated rings. The number of benzene rings is 2. The van der Waals surface area contributed by atoms with Crippen LogP contribution in [0.1, 0.15) is 68.3 Å². The first-order valence-corrected chi connectivity index (χ1v) is 15.7. The van der Waals surface area contributed by atoms with Gasteiger partial charge in [-0.1, -0.05) is 31.0 Å². The highest BCUT2D eigenvalue weighted by Gasteiger charge is 2.16. The van der Waals surface area contributed by atoms with Crippen LogP contribution in [0.2, 0.25) is 0 Å². The van der Waals surface area contributed by atoms with Crippen molar-refractivity contribution < 1.29 is 28.2 Å². The minimum atomic E-state index is -0.523. The molecule has 2 aliphatic rings. The molecule has 0 atom stereocenters. The molecule has 0 bridgehead atoms. The average Bonchev–Trinajstić information content (AvgIpc) is 3.04. The molecular weight excluding hydrogens is 554 g/mol. The van der Waals surface area contributed by atoms with Crippen LogP contribution in [-0.2, 0) is 16.1 Å². The third-order valence-electron chi connectivity index (χ3n) is 7.45. The Balaban J connectivity index is 0.000000261. The number of hydrogen-bond donors (Lipinski definition) is 3. The summed E-state index contributed by atoms with van der Waals surface area (Å²) in [6, 6.07) is 9.20. The van der Waals surface area contributed by atoms with Gasteiger partial charge < -0.3 is 35.0 Å². The van der Waals surface area contributed by atoms with E-state index in [1.54, 1.807) is 18.2 Å². The molecule has 2 heterocycles. The van der Waals surface area contributed by atoms with E-state index < -0.39 is 11.8 Å². The molecule has 3 N–H and O–H groups in total. The largest absolute Gasteiger partial charge is 0.465 e. The first kappa shape index (κ1) is 36.4. The van der Waals surface area contributed by atoms with Crippen LogP contribution in [0.3, 0.4) is 0 Å². The van der Waals surface area contributed by atoms with Crippen molar-refractivity contribution in [3.63, 3.8) is 0 Å². The Morgan fingerprint density at radius 2 is 1.28 bits per heavy atom. The van der Waals surface area contributed by atoms with Crippen LogP contribution >= 0.6 is 0 Å². The second-order valence-electron chi connectivity index (χ2n) is 10.5. The number of aliphatic hydroxyl groups excluding tert-OH is 1. The summed E-state index contributed by atoms with van der Waals surface area (Å²) in [6.45, 7) is 13.1. The highest BCUT2D eigenvalue weighted by Crippen LogP contribution is 2.21. The van der Waals surface area contributed by atoms with Crippen molar-refractivity contribution in [3.8, 4) is 0 Å². The topological polar surface area (TPSA) is 86.3 Å². The highest BCUT2D eigenvalue weighted by atomic mass is 19.1. The lowest BCUT2D eigenvalue weighted by Gasteiger charge is -2.26. The lowest BCUT2D eigenvalue weighted by atomic mass is 10.1. The molecule has 0 amide bonds. The number of methoxy groups -OCH3 is 1. The number of anilines is 2. The van der Waals surface area contributed by atoms with Gasteiger partial charge in [-0.3, -0.25) is 0 Å². The maximum Gasteiger partial charge on any atom is 0.340 e. The summed E-state index contributed by atoms with van der Waals surface area (Å²) in [6.07, 6.45) is 7.61. The molecule has 4 rings (SSSR count). The van der Waals surface area contributed by atoms with E-state index in [-0.39, 0.29) is 23.7 Å². The number of piperidine rings is 2. The van der Waals surface area contributed by atoms with E-state index in [0.717, 1.165) is 52.5 Å². The van der Waals surface area contributed by atoms with Crippen LogP contribution in [0.5, 0.6) is 0 Å². The fourth-order valence-electron chi connectivity index (χ4n) is 5.13. The minimum Gasteiger partial charge on any atom is -0.465 e. The molecular formula is C33H52F2N4O4. The Bertz CT molecular complexity index is 1050. The molecule has 2 aromatic rings. The summed E-state index contributed by atoms with van der Waals surface area (Å²) in [7, 11) is 1.30. The lowest BCUT2D eigenvalue weighted by Crippen LogP contribution is -2.34. The average molecular weight is 607 g/mol. The zero-order chi connectivity index (χ0) is 31.3. The Labute approximate surface area is 256 Å². The fraction of sp³-hybridized carbons (Fsp3) is 0.606. The maximum absolute atomic E-state index is 13.8. The Morgan fingerprint density at radius 3 is 1.74 bits per heavy atom. The molecule has 8 nitrogen and oxygen atoms in total. The van der Waals surface area contributed by atoms with E-state index in [0.29, 0.717) is 24.3 Å². The minimum absolute atomic E-state index is 0.135. The van der Waals surface area contributed by atoms with E-state index in [1.165, 1.54) is 63.8 Å². The van der Waals surface area contributed by atoms with Crippen molar-refractivity contribution >= 4 is 17.3 Å². The summed E-state index contributed by atoms with van der Waals surface area (Å²) < 4.78 is 36.9. The number of likely N-dealkylation sites (tertiary alicyclic amines) is 2. The molecule has 10 heteroatoms. The molecule has 0 saturated carbocycles. The molecule has 242 valence electrons. The second-order valence-corrected chi connectivity index (χ2v) is 10.5. The van der Waals surface area contributed by atoms with Crippen LogP contribution in [0.25, 0.3) is 0 Å². The van der Waals surface area contributed by atoms with Crippen molar-refractivity contribution in [1.29, 1.82) is 0 Å². The van der Waals surface area contributed by atoms with E-state index in [4.69, 9.17) is 4.74 Å². The number of halogens is 2. The Morgan fingerprint density at radius 1 is 0.791 bits per heavy atom. The van der Waals surface area contributed by atoms with Crippen LogP contribution in [0, 0.1) is 11.6 Å². The van der Waals surface area contributed by atoms with Gasteiger partial charge in [0.05, 0.1) is 30.7 Å². The monoisotopic (exact) mass is 606 g/mol.